The molecular formula is C16H18N2O3. The zero-order chi connectivity index (χ0) is 15.2. The Morgan fingerprint density at radius 3 is 2.43 bits per heavy atom. The molecule has 0 aliphatic rings. The molecule has 2 aromatic rings. The van der Waals surface area contributed by atoms with Crippen LogP contribution in [-0.4, -0.2) is 22.7 Å². The SMILES string of the molecule is C[C@@H](O)CN[C@H](c1ccccc1)c1cccc([N+](=O)[O-])c1. The lowest BCUT2D eigenvalue weighted by Crippen LogP contribution is -2.29. The minimum absolute atomic E-state index is 0.0623. The Hall–Kier alpha value is -2.24. The van der Waals surface area contributed by atoms with E-state index >= 15 is 0 Å². The fourth-order valence-electron chi connectivity index (χ4n) is 2.18. The lowest BCUT2D eigenvalue weighted by atomic mass is 9.98. The quantitative estimate of drug-likeness (QED) is 0.632. The summed E-state index contributed by atoms with van der Waals surface area (Å²) < 4.78 is 0. The van der Waals surface area contributed by atoms with Crippen molar-refractivity contribution >= 4 is 5.69 Å². The van der Waals surface area contributed by atoms with Gasteiger partial charge in [-0.3, -0.25) is 10.1 Å². The minimum atomic E-state index is -0.491. The van der Waals surface area contributed by atoms with Crippen molar-refractivity contribution in [3.05, 3.63) is 75.8 Å². The molecule has 0 bridgehead atoms. The average Bonchev–Trinajstić information content (AvgIpc) is 2.48. The van der Waals surface area contributed by atoms with Crippen LogP contribution in [0.15, 0.2) is 54.6 Å². The smallest absolute Gasteiger partial charge is 0.269 e. The van der Waals surface area contributed by atoms with Gasteiger partial charge in [-0.05, 0) is 18.1 Å². The van der Waals surface area contributed by atoms with Gasteiger partial charge < -0.3 is 10.4 Å². The summed E-state index contributed by atoms with van der Waals surface area (Å²) in [6, 6.07) is 16.0. The van der Waals surface area contributed by atoms with E-state index in [0.717, 1.165) is 11.1 Å². The highest BCUT2D eigenvalue weighted by molar-refractivity contribution is 5.40. The van der Waals surface area contributed by atoms with Gasteiger partial charge in [0.05, 0.1) is 17.1 Å². The summed E-state index contributed by atoms with van der Waals surface area (Å²) in [5, 5.41) is 23.6. The van der Waals surface area contributed by atoms with Gasteiger partial charge in [0.15, 0.2) is 0 Å². The van der Waals surface area contributed by atoms with Gasteiger partial charge in [0, 0.05) is 18.7 Å². The maximum atomic E-state index is 10.9. The number of hydrogen-bond donors (Lipinski definition) is 2. The number of aliphatic hydroxyl groups is 1. The molecule has 5 heteroatoms. The van der Waals surface area contributed by atoms with E-state index in [0.29, 0.717) is 6.54 Å². The van der Waals surface area contributed by atoms with Gasteiger partial charge >= 0.3 is 0 Å². The highest BCUT2D eigenvalue weighted by Gasteiger charge is 2.16. The number of non-ortho nitro benzene ring substituents is 1. The standard InChI is InChI=1S/C16H18N2O3/c1-12(19)11-17-16(13-6-3-2-4-7-13)14-8-5-9-15(10-14)18(20)21/h2-10,12,16-17,19H,11H2,1H3/t12-,16-/m1/s1. The summed E-state index contributed by atoms with van der Waals surface area (Å²) in [5.74, 6) is 0. The van der Waals surface area contributed by atoms with Crippen LogP contribution in [0.2, 0.25) is 0 Å². The first-order chi connectivity index (χ1) is 10.1. The molecule has 0 amide bonds. The van der Waals surface area contributed by atoms with Crippen LogP contribution in [0.1, 0.15) is 24.1 Å². The number of nitrogens with one attached hydrogen (secondary N) is 1. The highest BCUT2D eigenvalue weighted by Crippen LogP contribution is 2.25. The number of nitro benzene ring substituents is 1. The van der Waals surface area contributed by atoms with E-state index in [-0.39, 0.29) is 11.7 Å². The molecule has 0 heterocycles. The minimum Gasteiger partial charge on any atom is -0.392 e. The summed E-state index contributed by atoms with van der Waals surface area (Å²) in [4.78, 5) is 10.5. The van der Waals surface area contributed by atoms with Crippen molar-refractivity contribution in [2.24, 2.45) is 0 Å². The van der Waals surface area contributed by atoms with Crippen molar-refractivity contribution in [2.75, 3.05) is 6.54 Å². The first-order valence-corrected chi connectivity index (χ1v) is 6.78. The third-order valence-electron chi connectivity index (χ3n) is 3.16. The maximum absolute atomic E-state index is 10.9. The van der Waals surface area contributed by atoms with E-state index in [1.54, 1.807) is 19.1 Å². The van der Waals surface area contributed by atoms with Crippen molar-refractivity contribution in [1.29, 1.82) is 0 Å². The van der Waals surface area contributed by atoms with Gasteiger partial charge in [-0.2, -0.15) is 0 Å². The lowest BCUT2D eigenvalue weighted by Gasteiger charge is -2.20. The molecule has 21 heavy (non-hydrogen) atoms. The monoisotopic (exact) mass is 286 g/mol. The zero-order valence-electron chi connectivity index (χ0n) is 11.8. The van der Waals surface area contributed by atoms with Crippen molar-refractivity contribution in [2.45, 2.75) is 19.1 Å². The Balaban J connectivity index is 2.35. The van der Waals surface area contributed by atoms with Crippen LogP contribution in [-0.2, 0) is 0 Å². The summed E-state index contributed by atoms with van der Waals surface area (Å²) >= 11 is 0. The zero-order valence-corrected chi connectivity index (χ0v) is 11.8. The summed E-state index contributed by atoms with van der Waals surface area (Å²) in [5.41, 5.74) is 1.86. The number of benzene rings is 2. The van der Waals surface area contributed by atoms with Crippen LogP contribution in [0.4, 0.5) is 5.69 Å². The Morgan fingerprint density at radius 2 is 1.81 bits per heavy atom. The van der Waals surface area contributed by atoms with Gasteiger partial charge in [-0.1, -0.05) is 42.5 Å². The van der Waals surface area contributed by atoms with Crippen molar-refractivity contribution in [1.82, 2.24) is 5.32 Å². The number of aliphatic hydroxyl groups excluding tert-OH is 1. The second-order valence-corrected chi connectivity index (χ2v) is 4.95. The molecular weight excluding hydrogens is 268 g/mol. The molecule has 0 saturated carbocycles. The molecule has 2 N–H and O–H groups in total. The second kappa shape index (κ2) is 6.97. The molecule has 0 radical (unpaired) electrons. The molecule has 0 saturated heterocycles. The summed E-state index contributed by atoms with van der Waals surface area (Å²) in [6.07, 6.45) is -0.491. The van der Waals surface area contributed by atoms with E-state index in [9.17, 15) is 15.2 Å². The largest absolute Gasteiger partial charge is 0.392 e. The number of hydrogen-bond acceptors (Lipinski definition) is 4. The first kappa shape index (κ1) is 15.2. The van der Waals surface area contributed by atoms with Gasteiger partial charge in [0.2, 0.25) is 0 Å². The van der Waals surface area contributed by atoms with E-state index in [2.05, 4.69) is 5.32 Å². The van der Waals surface area contributed by atoms with E-state index in [4.69, 9.17) is 0 Å². The third kappa shape index (κ3) is 4.11. The van der Waals surface area contributed by atoms with Crippen molar-refractivity contribution in [3.8, 4) is 0 Å². The van der Waals surface area contributed by atoms with Crippen molar-refractivity contribution in [3.63, 3.8) is 0 Å². The van der Waals surface area contributed by atoms with Crippen LogP contribution in [0, 0.1) is 10.1 Å². The third-order valence-corrected chi connectivity index (χ3v) is 3.16. The molecule has 110 valence electrons. The lowest BCUT2D eigenvalue weighted by molar-refractivity contribution is -0.384. The molecule has 5 nitrogen and oxygen atoms in total. The molecule has 2 aromatic carbocycles. The molecule has 2 rings (SSSR count). The first-order valence-electron chi connectivity index (χ1n) is 6.78. The molecule has 0 aromatic heterocycles. The van der Waals surface area contributed by atoms with Crippen LogP contribution in [0.25, 0.3) is 0 Å². The topological polar surface area (TPSA) is 75.4 Å². The van der Waals surface area contributed by atoms with Crippen LogP contribution >= 0.6 is 0 Å². The molecule has 0 aliphatic heterocycles. The van der Waals surface area contributed by atoms with Gasteiger partial charge in [-0.15, -0.1) is 0 Å². The fraction of sp³-hybridized carbons (Fsp3) is 0.250. The van der Waals surface area contributed by atoms with E-state index in [1.807, 2.05) is 36.4 Å². The second-order valence-electron chi connectivity index (χ2n) is 4.95. The molecule has 0 unspecified atom stereocenters. The fourth-order valence-corrected chi connectivity index (χ4v) is 2.18. The normalized spacial score (nSPS) is 13.6. The Morgan fingerprint density at radius 1 is 1.14 bits per heavy atom. The number of nitrogens with zero attached hydrogens (tertiary/aromatic N) is 1. The molecule has 0 fully saturated rings. The Kier molecular flexibility index (Phi) is 5.03. The molecule has 0 spiro atoms. The van der Waals surface area contributed by atoms with Gasteiger partial charge in [0.25, 0.3) is 5.69 Å². The van der Waals surface area contributed by atoms with Crippen molar-refractivity contribution < 1.29 is 10.0 Å². The summed E-state index contributed by atoms with van der Waals surface area (Å²) in [6.45, 7) is 2.10. The Labute approximate surface area is 123 Å². The number of rotatable bonds is 6. The Bertz CT molecular complexity index is 599. The maximum Gasteiger partial charge on any atom is 0.269 e. The predicted molar refractivity (Wildman–Crippen MR) is 81.1 cm³/mol. The average molecular weight is 286 g/mol. The molecule has 2 atom stereocenters. The number of nitro groups is 1. The van der Waals surface area contributed by atoms with E-state index in [1.165, 1.54) is 6.07 Å². The summed E-state index contributed by atoms with van der Waals surface area (Å²) in [7, 11) is 0. The van der Waals surface area contributed by atoms with Gasteiger partial charge in [-0.25, -0.2) is 0 Å². The molecule has 0 aliphatic carbocycles. The van der Waals surface area contributed by atoms with Gasteiger partial charge in [0.1, 0.15) is 0 Å². The van der Waals surface area contributed by atoms with Crippen LogP contribution < -0.4 is 5.32 Å². The predicted octanol–water partition coefficient (Wildman–Crippen LogP) is 2.65. The van der Waals surface area contributed by atoms with E-state index < -0.39 is 11.0 Å². The van der Waals surface area contributed by atoms with Crippen LogP contribution in [0.5, 0.6) is 0 Å². The van der Waals surface area contributed by atoms with Crippen LogP contribution in [0.3, 0.4) is 0 Å². The highest BCUT2D eigenvalue weighted by atomic mass is 16.6.